The zero-order valence-corrected chi connectivity index (χ0v) is 18.5. The van der Waals surface area contributed by atoms with Crippen molar-refractivity contribution in [3.05, 3.63) is 87.4 Å². The summed E-state index contributed by atoms with van der Waals surface area (Å²) in [7, 11) is 0. The molecule has 4 rings (SSSR count). The average molecular weight is 468 g/mol. The highest BCUT2D eigenvalue weighted by molar-refractivity contribution is 6.30. The van der Waals surface area contributed by atoms with Crippen LogP contribution in [0.25, 0.3) is 11.6 Å². The zero-order valence-electron chi connectivity index (χ0n) is 17.8. The van der Waals surface area contributed by atoms with Gasteiger partial charge in [-0.25, -0.2) is 9.18 Å². The van der Waals surface area contributed by atoms with Crippen molar-refractivity contribution in [1.82, 2.24) is 15.5 Å². The molecule has 0 saturated heterocycles. The van der Waals surface area contributed by atoms with Crippen molar-refractivity contribution in [3.63, 3.8) is 0 Å². The Morgan fingerprint density at radius 3 is 2.52 bits per heavy atom. The van der Waals surface area contributed by atoms with Gasteiger partial charge < -0.3 is 10.4 Å². The van der Waals surface area contributed by atoms with Crippen LogP contribution in [0.1, 0.15) is 52.1 Å². The quantitative estimate of drug-likeness (QED) is 0.449. The van der Waals surface area contributed by atoms with Crippen LogP contribution in [0.5, 0.6) is 0 Å². The first-order valence-corrected chi connectivity index (χ1v) is 11.1. The maximum atomic E-state index is 13.2. The van der Waals surface area contributed by atoms with Crippen LogP contribution in [0.3, 0.4) is 0 Å². The molecule has 33 heavy (non-hydrogen) atoms. The van der Waals surface area contributed by atoms with Gasteiger partial charge in [-0.3, -0.25) is 9.89 Å². The molecule has 0 unspecified atom stereocenters. The molecule has 1 amide bonds. The number of carbonyl (C=O) groups excluding carboxylic acids is 1. The lowest BCUT2D eigenvalue weighted by Gasteiger charge is -2.15. The fourth-order valence-electron chi connectivity index (χ4n) is 3.99. The van der Waals surface area contributed by atoms with Crippen LogP contribution in [0, 0.1) is 5.82 Å². The molecular weight excluding hydrogens is 445 g/mol. The van der Waals surface area contributed by atoms with Gasteiger partial charge in [0.2, 0.25) is 0 Å². The molecule has 1 atom stereocenters. The smallest absolute Gasteiger partial charge is 0.326 e. The van der Waals surface area contributed by atoms with E-state index in [1.807, 2.05) is 30.3 Å². The monoisotopic (exact) mass is 467 g/mol. The van der Waals surface area contributed by atoms with Gasteiger partial charge >= 0.3 is 5.97 Å². The largest absolute Gasteiger partial charge is 0.480 e. The Labute approximate surface area is 195 Å². The van der Waals surface area contributed by atoms with E-state index in [2.05, 4.69) is 15.5 Å². The standard InChI is InChI=1S/C25H23ClFN3O3/c26-18-9-5-15(6-10-18)13-17-3-1-2-4-20-22(17)29-30-23(20)24(31)28-21(25(32)33)14-16-7-11-19(27)12-8-16/h5-13,21H,1-4,14H2,(H,28,31)(H,29,30)(H,32,33)/t21-/m0/s1. The summed E-state index contributed by atoms with van der Waals surface area (Å²) in [6.07, 6.45) is 5.42. The minimum atomic E-state index is -1.17. The number of hydrogen-bond donors (Lipinski definition) is 3. The van der Waals surface area contributed by atoms with E-state index in [-0.39, 0.29) is 12.1 Å². The van der Waals surface area contributed by atoms with Gasteiger partial charge in [-0.05, 0) is 72.7 Å². The molecule has 6 nitrogen and oxygen atoms in total. The van der Waals surface area contributed by atoms with Gasteiger partial charge in [0.25, 0.3) is 5.91 Å². The van der Waals surface area contributed by atoms with Crippen LogP contribution < -0.4 is 5.32 Å². The van der Waals surface area contributed by atoms with Crippen molar-refractivity contribution >= 4 is 35.1 Å². The lowest BCUT2D eigenvalue weighted by Crippen LogP contribution is -2.42. The number of halogens is 2. The van der Waals surface area contributed by atoms with E-state index in [0.29, 0.717) is 17.0 Å². The number of nitrogens with one attached hydrogen (secondary N) is 2. The third-order valence-electron chi connectivity index (χ3n) is 5.69. The van der Waals surface area contributed by atoms with E-state index < -0.39 is 23.7 Å². The van der Waals surface area contributed by atoms with Crippen LogP contribution in [-0.2, 0) is 17.6 Å². The molecule has 0 fully saturated rings. The third-order valence-corrected chi connectivity index (χ3v) is 5.94. The number of hydrogen-bond acceptors (Lipinski definition) is 3. The van der Waals surface area contributed by atoms with E-state index in [1.165, 1.54) is 24.3 Å². The number of aromatic nitrogens is 2. The first kappa shape index (κ1) is 22.7. The van der Waals surface area contributed by atoms with Crippen LogP contribution in [0.15, 0.2) is 48.5 Å². The van der Waals surface area contributed by atoms with Crippen molar-refractivity contribution in [1.29, 1.82) is 0 Å². The summed E-state index contributed by atoms with van der Waals surface area (Å²) in [5.41, 5.74) is 4.41. The molecule has 8 heteroatoms. The molecule has 1 heterocycles. The lowest BCUT2D eigenvalue weighted by atomic mass is 10.0. The highest BCUT2D eigenvalue weighted by Gasteiger charge is 2.27. The molecule has 2 aromatic carbocycles. The summed E-state index contributed by atoms with van der Waals surface area (Å²) in [5.74, 6) is -2.09. The fourth-order valence-corrected chi connectivity index (χ4v) is 4.11. The van der Waals surface area contributed by atoms with Crippen molar-refractivity contribution in [3.8, 4) is 0 Å². The summed E-state index contributed by atoms with van der Waals surface area (Å²) >= 11 is 5.98. The van der Waals surface area contributed by atoms with Gasteiger partial charge in [0, 0.05) is 17.0 Å². The van der Waals surface area contributed by atoms with Gasteiger partial charge in [-0.1, -0.05) is 35.9 Å². The average Bonchev–Trinajstić information content (AvgIpc) is 3.12. The molecule has 3 N–H and O–H groups in total. The fraction of sp³-hybridized carbons (Fsp3) is 0.240. The number of benzene rings is 2. The van der Waals surface area contributed by atoms with E-state index in [9.17, 15) is 19.1 Å². The van der Waals surface area contributed by atoms with E-state index in [1.54, 1.807) is 0 Å². The van der Waals surface area contributed by atoms with Crippen LogP contribution in [-0.4, -0.2) is 33.2 Å². The van der Waals surface area contributed by atoms with E-state index in [4.69, 9.17) is 11.6 Å². The minimum absolute atomic E-state index is 0.0411. The maximum Gasteiger partial charge on any atom is 0.326 e. The summed E-state index contributed by atoms with van der Waals surface area (Å²) in [6, 6.07) is 11.9. The number of aromatic amines is 1. The molecule has 1 aliphatic carbocycles. The Kier molecular flexibility index (Phi) is 6.89. The summed E-state index contributed by atoms with van der Waals surface area (Å²) < 4.78 is 13.2. The van der Waals surface area contributed by atoms with E-state index in [0.717, 1.165) is 41.7 Å². The molecule has 0 aliphatic heterocycles. The minimum Gasteiger partial charge on any atom is -0.480 e. The van der Waals surface area contributed by atoms with Crippen LogP contribution in [0.2, 0.25) is 5.02 Å². The van der Waals surface area contributed by atoms with Crippen molar-refractivity contribution in [2.45, 2.75) is 38.1 Å². The molecule has 0 bridgehead atoms. The number of fused-ring (bicyclic) bond motifs is 1. The Balaban J connectivity index is 1.57. The van der Waals surface area contributed by atoms with Crippen molar-refractivity contribution in [2.75, 3.05) is 0 Å². The Morgan fingerprint density at radius 2 is 1.82 bits per heavy atom. The lowest BCUT2D eigenvalue weighted by molar-refractivity contribution is -0.139. The molecular formula is C25H23ClFN3O3. The summed E-state index contributed by atoms with van der Waals surface area (Å²) in [5, 5.41) is 20.1. The number of nitrogens with zero attached hydrogens (tertiary/aromatic N) is 1. The first-order chi connectivity index (χ1) is 15.9. The van der Waals surface area contributed by atoms with Crippen LogP contribution >= 0.6 is 11.6 Å². The second-order valence-corrected chi connectivity index (χ2v) is 8.49. The maximum absolute atomic E-state index is 13.2. The van der Waals surface area contributed by atoms with Gasteiger partial charge in [0.15, 0.2) is 0 Å². The highest BCUT2D eigenvalue weighted by Crippen LogP contribution is 2.31. The number of H-pyrrole nitrogens is 1. The number of amides is 1. The topological polar surface area (TPSA) is 95.1 Å². The number of carbonyl (C=O) groups is 2. The number of aliphatic carboxylic acids is 1. The highest BCUT2D eigenvalue weighted by atomic mass is 35.5. The second-order valence-electron chi connectivity index (χ2n) is 8.05. The Bertz CT molecular complexity index is 1190. The number of carboxylic acid groups (broad SMARTS) is 1. The molecule has 170 valence electrons. The van der Waals surface area contributed by atoms with Crippen LogP contribution in [0.4, 0.5) is 4.39 Å². The number of rotatable bonds is 6. The van der Waals surface area contributed by atoms with Gasteiger partial charge in [0.1, 0.15) is 17.6 Å². The molecule has 3 aromatic rings. The second kappa shape index (κ2) is 10.0. The number of allylic oxidation sites excluding steroid dienone is 1. The van der Waals surface area contributed by atoms with E-state index >= 15 is 0 Å². The van der Waals surface area contributed by atoms with Gasteiger partial charge in [0.05, 0.1) is 5.69 Å². The Morgan fingerprint density at radius 1 is 1.12 bits per heavy atom. The normalized spacial score (nSPS) is 15.5. The summed E-state index contributed by atoms with van der Waals surface area (Å²) in [4.78, 5) is 24.8. The third kappa shape index (κ3) is 5.49. The molecule has 0 spiro atoms. The molecule has 0 radical (unpaired) electrons. The van der Waals surface area contributed by atoms with Gasteiger partial charge in [-0.2, -0.15) is 5.10 Å². The molecule has 1 aromatic heterocycles. The predicted molar refractivity (Wildman–Crippen MR) is 124 cm³/mol. The van der Waals surface area contributed by atoms with Crippen molar-refractivity contribution < 1.29 is 19.1 Å². The molecule has 0 saturated carbocycles. The number of carboxylic acids is 1. The Hall–Kier alpha value is -3.45. The SMILES string of the molecule is O=C(N[C@@H](Cc1ccc(F)cc1)C(=O)O)c1[nH]nc2c1CCCCC2=Cc1ccc(Cl)cc1. The molecule has 1 aliphatic rings. The zero-order chi connectivity index (χ0) is 23.4. The predicted octanol–water partition coefficient (Wildman–Crippen LogP) is 4.89. The summed E-state index contributed by atoms with van der Waals surface area (Å²) in [6.45, 7) is 0. The van der Waals surface area contributed by atoms with Gasteiger partial charge in [-0.15, -0.1) is 0 Å². The first-order valence-electron chi connectivity index (χ1n) is 10.7. The van der Waals surface area contributed by atoms with Crippen molar-refractivity contribution in [2.24, 2.45) is 0 Å².